The van der Waals surface area contributed by atoms with Crippen molar-refractivity contribution in [2.45, 2.75) is 13.8 Å². The summed E-state index contributed by atoms with van der Waals surface area (Å²) in [4.78, 5) is 28.4. The zero-order valence-electron chi connectivity index (χ0n) is 13.0. The van der Waals surface area contributed by atoms with E-state index in [9.17, 15) is 14.9 Å². The lowest BCUT2D eigenvalue weighted by molar-refractivity contribution is -0.384. The molecule has 1 N–H and O–H groups in total. The number of aromatic nitrogens is 1. The van der Waals surface area contributed by atoms with Crippen LogP contribution in [0.2, 0.25) is 0 Å². The molecule has 0 aliphatic rings. The second-order valence-electron chi connectivity index (χ2n) is 4.81. The first-order chi connectivity index (χ1) is 11.1. The van der Waals surface area contributed by atoms with Crippen molar-refractivity contribution >= 4 is 23.1 Å². The molecular formula is C16H18N4O3. The third-order valence-corrected chi connectivity index (χ3v) is 3.43. The van der Waals surface area contributed by atoms with E-state index >= 15 is 0 Å². The molecule has 23 heavy (non-hydrogen) atoms. The molecule has 0 bridgehead atoms. The summed E-state index contributed by atoms with van der Waals surface area (Å²) in [5.74, 6) is 0.130. The van der Waals surface area contributed by atoms with Crippen LogP contribution in [0.5, 0.6) is 0 Å². The first-order valence-corrected chi connectivity index (χ1v) is 7.32. The van der Waals surface area contributed by atoms with E-state index in [0.717, 1.165) is 0 Å². The second-order valence-corrected chi connectivity index (χ2v) is 4.81. The first-order valence-electron chi connectivity index (χ1n) is 7.32. The van der Waals surface area contributed by atoms with E-state index in [2.05, 4.69) is 10.3 Å². The van der Waals surface area contributed by atoms with Crippen LogP contribution in [0, 0.1) is 10.1 Å². The van der Waals surface area contributed by atoms with Crippen LogP contribution in [0.4, 0.5) is 17.2 Å². The molecule has 0 saturated carbocycles. The van der Waals surface area contributed by atoms with Gasteiger partial charge in [-0.2, -0.15) is 0 Å². The van der Waals surface area contributed by atoms with E-state index in [1.807, 2.05) is 13.8 Å². The summed E-state index contributed by atoms with van der Waals surface area (Å²) < 4.78 is 0. The molecule has 0 aliphatic heterocycles. The predicted molar refractivity (Wildman–Crippen MR) is 87.9 cm³/mol. The highest BCUT2D eigenvalue weighted by Crippen LogP contribution is 2.24. The summed E-state index contributed by atoms with van der Waals surface area (Å²) >= 11 is 0. The molecular weight excluding hydrogens is 296 g/mol. The average molecular weight is 314 g/mol. The van der Waals surface area contributed by atoms with Crippen molar-refractivity contribution in [2.24, 2.45) is 0 Å². The Kier molecular flexibility index (Phi) is 5.24. The molecule has 0 unspecified atom stereocenters. The summed E-state index contributed by atoms with van der Waals surface area (Å²) in [5.41, 5.74) is 1.11. The van der Waals surface area contributed by atoms with Crippen LogP contribution in [0.25, 0.3) is 0 Å². The Balaban J connectivity index is 2.18. The Morgan fingerprint density at radius 2 is 1.87 bits per heavy atom. The summed E-state index contributed by atoms with van der Waals surface area (Å²) in [7, 11) is 0. The Morgan fingerprint density at radius 3 is 2.43 bits per heavy atom. The van der Waals surface area contributed by atoms with Crippen molar-refractivity contribution < 1.29 is 9.72 Å². The van der Waals surface area contributed by atoms with Crippen molar-refractivity contribution in [1.29, 1.82) is 0 Å². The number of nitro groups is 1. The van der Waals surface area contributed by atoms with Crippen LogP contribution in [0.15, 0.2) is 42.6 Å². The molecule has 0 saturated heterocycles. The van der Waals surface area contributed by atoms with Gasteiger partial charge in [0.1, 0.15) is 0 Å². The molecule has 0 aliphatic carbocycles. The minimum absolute atomic E-state index is 0.0367. The van der Waals surface area contributed by atoms with Gasteiger partial charge in [-0.3, -0.25) is 14.9 Å². The highest BCUT2D eigenvalue weighted by Gasteiger charge is 2.15. The van der Waals surface area contributed by atoms with Crippen LogP contribution in [0.1, 0.15) is 24.2 Å². The number of pyridine rings is 1. The number of carbonyl (C=O) groups excluding carboxylic acids is 1. The van der Waals surface area contributed by atoms with E-state index in [1.165, 1.54) is 18.3 Å². The topological polar surface area (TPSA) is 88.4 Å². The summed E-state index contributed by atoms with van der Waals surface area (Å²) in [6, 6.07) is 9.68. The number of rotatable bonds is 6. The number of nitrogens with zero attached hydrogens (tertiary/aromatic N) is 3. The average Bonchev–Trinajstić information content (AvgIpc) is 2.57. The van der Waals surface area contributed by atoms with Gasteiger partial charge in [0, 0.05) is 36.6 Å². The third-order valence-electron chi connectivity index (χ3n) is 3.43. The highest BCUT2D eigenvalue weighted by molar-refractivity contribution is 5.94. The number of hydrogen-bond donors (Lipinski definition) is 1. The summed E-state index contributed by atoms with van der Waals surface area (Å²) in [6.45, 7) is 5.15. The van der Waals surface area contributed by atoms with Gasteiger partial charge in [-0.1, -0.05) is 0 Å². The zero-order chi connectivity index (χ0) is 16.8. The maximum atomic E-state index is 12.2. The summed E-state index contributed by atoms with van der Waals surface area (Å²) in [6.07, 6.45) is 1.48. The molecule has 1 amide bonds. The minimum atomic E-state index is -0.492. The lowest BCUT2D eigenvalue weighted by atomic mass is 10.1. The van der Waals surface area contributed by atoms with Gasteiger partial charge in [-0.15, -0.1) is 0 Å². The van der Waals surface area contributed by atoms with Crippen molar-refractivity contribution in [3.8, 4) is 0 Å². The minimum Gasteiger partial charge on any atom is -0.339 e. The standard InChI is InChI=1S/C16H18N4O3/c1-3-19(4-2)16(21)12-7-9-13(10-8-12)18-15-14(20(22)23)6-5-11-17-15/h5-11H,3-4H2,1-2H3,(H,17,18). The van der Waals surface area contributed by atoms with Gasteiger partial charge in [0.15, 0.2) is 0 Å². The Hall–Kier alpha value is -2.96. The van der Waals surface area contributed by atoms with E-state index in [0.29, 0.717) is 24.3 Å². The van der Waals surface area contributed by atoms with Gasteiger partial charge in [-0.05, 0) is 44.2 Å². The van der Waals surface area contributed by atoms with E-state index in [1.54, 1.807) is 29.2 Å². The van der Waals surface area contributed by atoms with Gasteiger partial charge in [0.05, 0.1) is 4.92 Å². The smallest absolute Gasteiger partial charge is 0.311 e. The molecule has 1 aromatic heterocycles. The fraction of sp³-hybridized carbons (Fsp3) is 0.250. The molecule has 7 heteroatoms. The van der Waals surface area contributed by atoms with Crippen molar-refractivity contribution in [2.75, 3.05) is 18.4 Å². The lowest BCUT2D eigenvalue weighted by Crippen LogP contribution is -2.30. The van der Waals surface area contributed by atoms with E-state index < -0.39 is 4.92 Å². The Labute approximate surface area is 134 Å². The van der Waals surface area contributed by atoms with Crippen LogP contribution in [-0.4, -0.2) is 33.8 Å². The Morgan fingerprint density at radius 1 is 1.22 bits per heavy atom. The second kappa shape index (κ2) is 7.35. The number of benzene rings is 1. The fourth-order valence-corrected chi connectivity index (χ4v) is 2.17. The molecule has 1 aromatic carbocycles. The van der Waals surface area contributed by atoms with Crippen LogP contribution >= 0.6 is 0 Å². The third kappa shape index (κ3) is 3.82. The summed E-state index contributed by atoms with van der Waals surface area (Å²) in [5, 5.41) is 13.9. The van der Waals surface area contributed by atoms with Gasteiger partial charge >= 0.3 is 5.69 Å². The molecule has 1 heterocycles. The molecule has 2 rings (SSSR count). The zero-order valence-corrected chi connectivity index (χ0v) is 13.0. The van der Waals surface area contributed by atoms with Crippen molar-refractivity contribution in [3.05, 3.63) is 58.3 Å². The quantitative estimate of drug-likeness (QED) is 0.653. The fourth-order valence-electron chi connectivity index (χ4n) is 2.17. The van der Waals surface area contributed by atoms with Crippen LogP contribution < -0.4 is 5.32 Å². The van der Waals surface area contributed by atoms with E-state index in [4.69, 9.17) is 0 Å². The van der Waals surface area contributed by atoms with E-state index in [-0.39, 0.29) is 17.4 Å². The van der Waals surface area contributed by atoms with Crippen molar-refractivity contribution in [1.82, 2.24) is 9.88 Å². The Bertz CT molecular complexity index is 697. The lowest BCUT2D eigenvalue weighted by Gasteiger charge is -2.18. The molecule has 2 aromatic rings. The van der Waals surface area contributed by atoms with Crippen LogP contribution in [0.3, 0.4) is 0 Å². The van der Waals surface area contributed by atoms with Gasteiger partial charge < -0.3 is 10.2 Å². The SMILES string of the molecule is CCN(CC)C(=O)c1ccc(Nc2ncccc2[N+](=O)[O-])cc1. The molecule has 7 nitrogen and oxygen atoms in total. The maximum absolute atomic E-state index is 12.2. The largest absolute Gasteiger partial charge is 0.339 e. The highest BCUT2D eigenvalue weighted by atomic mass is 16.6. The molecule has 0 radical (unpaired) electrons. The first kappa shape index (κ1) is 16.4. The number of nitrogens with one attached hydrogen (secondary N) is 1. The molecule has 0 fully saturated rings. The van der Waals surface area contributed by atoms with Crippen molar-refractivity contribution in [3.63, 3.8) is 0 Å². The van der Waals surface area contributed by atoms with Crippen LogP contribution in [-0.2, 0) is 0 Å². The predicted octanol–water partition coefficient (Wildman–Crippen LogP) is 3.22. The number of hydrogen-bond acceptors (Lipinski definition) is 5. The number of amides is 1. The monoisotopic (exact) mass is 314 g/mol. The molecule has 0 atom stereocenters. The molecule has 0 spiro atoms. The van der Waals surface area contributed by atoms with Gasteiger partial charge in [0.25, 0.3) is 5.91 Å². The maximum Gasteiger partial charge on any atom is 0.311 e. The molecule has 120 valence electrons. The van der Waals surface area contributed by atoms with Gasteiger partial charge in [-0.25, -0.2) is 4.98 Å². The number of carbonyl (C=O) groups is 1. The van der Waals surface area contributed by atoms with Gasteiger partial charge in [0.2, 0.25) is 5.82 Å². The normalized spacial score (nSPS) is 10.2. The number of anilines is 2.